The molecule has 4 rings (SSSR count). The summed E-state index contributed by atoms with van der Waals surface area (Å²) < 4.78 is 17.6. The number of halogens is 1. The average molecular weight is 388 g/mol. The lowest BCUT2D eigenvalue weighted by Gasteiger charge is -2.22. The number of aryl methyl sites for hydroxylation is 1. The fourth-order valence-corrected chi connectivity index (χ4v) is 3.42. The molecule has 1 fully saturated rings. The molecule has 0 spiro atoms. The summed E-state index contributed by atoms with van der Waals surface area (Å²) in [6, 6.07) is 0. The van der Waals surface area contributed by atoms with E-state index in [-0.39, 0.29) is 23.6 Å². The highest BCUT2D eigenvalue weighted by molar-refractivity contribution is 5.86. The van der Waals surface area contributed by atoms with Crippen LogP contribution in [0.1, 0.15) is 27.7 Å². The second-order valence-corrected chi connectivity index (χ2v) is 8.45. The number of alkyl halides is 1. The average Bonchev–Trinajstić information content (AvgIpc) is 3.25. The molecule has 0 radical (unpaired) electrons. The fraction of sp³-hybridized carbons (Fsp3) is 0.556. The van der Waals surface area contributed by atoms with Crippen molar-refractivity contribution in [1.29, 1.82) is 0 Å². The molecule has 0 aliphatic carbocycles. The summed E-state index contributed by atoms with van der Waals surface area (Å²) >= 11 is 0. The van der Waals surface area contributed by atoms with Crippen LogP contribution in [0.4, 0.5) is 21.8 Å². The number of imidazole rings is 1. The number of anilines is 3. The molecular formula is C18H25FN8O. The summed E-state index contributed by atoms with van der Waals surface area (Å²) in [5, 5.41) is 5.73. The fourth-order valence-electron chi connectivity index (χ4n) is 3.42. The Kier molecular flexibility index (Phi) is 4.16. The number of nitrogens with zero attached hydrogens (tertiary/aromatic N) is 6. The van der Waals surface area contributed by atoms with Crippen LogP contribution in [0.2, 0.25) is 0 Å². The largest absolute Gasteiger partial charge is 0.337 e. The van der Waals surface area contributed by atoms with Crippen LogP contribution < -0.4 is 15.8 Å². The van der Waals surface area contributed by atoms with E-state index in [0.29, 0.717) is 35.2 Å². The quantitative estimate of drug-likeness (QED) is 0.714. The van der Waals surface area contributed by atoms with Crippen LogP contribution in [0.3, 0.4) is 0 Å². The summed E-state index contributed by atoms with van der Waals surface area (Å²) in [6.07, 6.45) is 2.44. The molecule has 2 N–H and O–H groups in total. The number of hydrogen-bond donors (Lipinski definition) is 2. The lowest BCUT2D eigenvalue weighted by molar-refractivity contribution is 0.299. The third kappa shape index (κ3) is 3.12. The van der Waals surface area contributed by atoms with Gasteiger partial charge in [-0.05, 0) is 20.8 Å². The van der Waals surface area contributed by atoms with Gasteiger partial charge < -0.3 is 14.8 Å². The van der Waals surface area contributed by atoms with E-state index in [4.69, 9.17) is 4.98 Å². The minimum Gasteiger partial charge on any atom is -0.337 e. The molecule has 150 valence electrons. The van der Waals surface area contributed by atoms with Crippen molar-refractivity contribution in [2.24, 2.45) is 13.0 Å². The third-order valence-electron chi connectivity index (χ3n) is 5.01. The zero-order valence-electron chi connectivity index (χ0n) is 16.7. The van der Waals surface area contributed by atoms with E-state index < -0.39 is 6.17 Å². The van der Waals surface area contributed by atoms with E-state index in [2.05, 4.69) is 41.2 Å². The van der Waals surface area contributed by atoms with Crippen molar-refractivity contribution < 1.29 is 4.39 Å². The van der Waals surface area contributed by atoms with Gasteiger partial charge in [-0.3, -0.25) is 14.6 Å². The van der Waals surface area contributed by atoms with Crippen LogP contribution in [0.5, 0.6) is 0 Å². The molecule has 1 aliphatic heterocycles. The number of rotatable bonds is 3. The van der Waals surface area contributed by atoms with Gasteiger partial charge in [0.2, 0.25) is 5.95 Å². The SMILES string of the molecule is CC1CN(c2nc(Nc3cn(C)[nH]c3=O)c3ncn(C(C)(C)C)c3n2)CC1F. The van der Waals surface area contributed by atoms with E-state index in [9.17, 15) is 9.18 Å². The van der Waals surface area contributed by atoms with Crippen molar-refractivity contribution >= 4 is 28.6 Å². The van der Waals surface area contributed by atoms with E-state index >= 15 is 0 Å². The van der Waals surface area contributed by atoms with E-state index in [1.54, 1.807) is 24.3 Å². The Balaban J connectivity index is 1.86. The molecule has 0 amide bonds. The molecule has 1 saturated heterocycles. The first-order chi connectivity index (χ1) is 13.1. The van der Waals surface area contributed by atoms with E-state index in [0.717, 1.165) is 0 Å². The van der Waals surface area contributed by atoms with Gasteiger partial charge in [-0.15, -0.1) is 0 Å². The van der Waals surface area contributed by atoms with Gasteiger partial charge >= 0.3 is 0 Å². The lowest BCUT2D eigenvalue weighted by atomic mass is 10.1. The molecule has 28 heavy (non-hydrogen) atoms. The molecule has 9 nitrogen and oxygen atoms in total. The molecule has 2 unspecified atom stereocenters. The van der Waals surface area contributed by atoms with Gasteiger partial charge in [0.25, 0.3) is 5.56 Å². The van der Waals surface area contributed by atoms with Crippen molar-refractivity contribution in [3.8, 4) is 0 Å². The zero-order valence-corrected chi connectivity index (χ0v) is 16.7. The molecular weight excluding hydrogens is 363 g/mol. The molecule has 10 heteroatoms. The number of aromatic nitrogens is 6. The van der Waals surface area contributed by atoms with Crippen LogP contribution in [0.25, 0.3) is 11.2 Å². The van der Waals surface area contributed by atoms with Gasteiger partial charge in [0, 0.05) is 25.0 Å². The number of hydrogen-bond acceptors (Lipinski definition) is 6. The summed E-state index contributed by atoms with van der Waals surface area (Å²) in [5.41, 5.74) is 1.05. The van der Waals surface area contributed by atoms with Crippen LogP contribution in [-0.4, -0.2) is 48.6 Å². The topological polar surface area (TPSA) is 96.7 Å². The highest BCUT2D eigenvalue weighted by Crippen LogP contribution is 2.30. The molecule has 4 heterocycles. The number of H-pyrrole nitrogens is 1. The molecule has 2 atom stereocenters. The predicted octanol–water partition coefficient (Wildman–Crippen LogP) is 2.15. The minimum absolute atomic E-state index is 0.0831. The Morgan fingerprint density at radius 2 is 2.04 bits per heavy atom. The van der Waals surface area contributed by atoms with Gasteiger partial charge in [-0.2, -0.15) is 9.97 Å². The van der Waals surface area contributed by atoms with Crippen molar-refractivity contribution in [2.75, 3.05) is 23.3 Å². The van der Waals surface area contributed by atoms with Gasteiger partial charge in [0.1, 0.15) is 11.9 Å². The maximum absolute atomic E-state index is 14.1. The molecule has 0 bridgehead atoms. The lowest BCUT2D eigenvalue weighted by Crippen LogP contribution is -2.25. The van der Waals surface area contributed by atoms with Gasteiger partial charge in [0.05, 0.1) is 19.1 Å². The first kappa shape index (κ1) is 18.5. The zero-order chi connectivity index (χ0) is 20.2. The van der Waals surface area contributed by atoms with Crippen molar-refractivity contribution in [1.82, 2.24) is 29.3 Å². The standard InChI is InChI=1S/C18H25FN8O/c1-10-6-26(7-11(10)19)17-22-14(21-12-8-25(5)24-16(12)28)13-15(23-17)27(9-20-13)18(2,3)4/h8-11H,6-7H2,1-5H3,(H,24,28)(H,21,22,23). The maximum Gasteiger partial charge on any atom is 0.287 e. The molecule has 3 aromatic heterocycles. The molecule has 3 aromatic rings. The maximum atomic E-state index is 14.1. The van der Waals surface area contributed by atoms with Crippen molar-refractivity contribution in [3.05, 3.63) is 22.9 Å². The van der Waals surface area contributed by atoms with Gasteiger partial charge in [0.15, 0.2) is 17.0 Å². The van der Waals surface area contributed by atoms with E-state index in [1.807, 2.05) is 16.4 Å². The first-order valence-electron chi connectivity index (χ1n) is 9.30. The summed E-state index contributed by atoms with van der Waals surface area (Å²) in [7, 11) is 1.73. The van der Waals surface area contributed by atoms with Crippen LogP contribution in [-0.2, 0) is 12.6 Å². The Morgan fingerprint density at radius 3 is 2.61 bits per heavy atom. The number of nitrogens with one attached hydrogen (secondary N) is 2. The summed E-state index contributed by atoms with van der Waals surface area (Å²) in [4.78, 5) is 27.7. The van der Waals surface area contributed by atoms with Crippen LogP contribution >= 0.6 is 0 Å². The molecule has 1 aliphatic rings. The normalized spacial score (nSPS) is 20.3. The monoisotopic (exact) mass is 388 g/mol. The van der Waals surface area contributed by atoms with Crippen molar-refractivity contribution in [2.45, 2.75) is 39.4 Å². The Bertz CT molecular complexity index is 1070. The van der Waals surface area contributed by atoms with E-state index in [1.165, 1.54) is 0 Å². The van der Waals surface area contributed by atoms with Crippen LogP contribution in [0, 0.1) is 5.92 Å². The number of aromatic amines is 1. The predicted molar refractivity (Wildman–Crippen MR) is 106 cm³/mol. The highest BCUT2D eigenvalue weighted by atomic mass is 19.1. The molecule has 0 saturated carbocycles. The highest BCUT2D eigenvalue weighted by Gasteiger charge is 2.32. The van der Waals surface area contributed by atoms with Gasteiger partial charge in [-0.1, -0.05) is 6.92 Å². The molecule has 0 aromatic carbocycles. The smallest absolute Gasteiger partial charge is 0.287 e. The van der Waals surface area contributed by atoms with Gasteiger partial charge in [-0.25, -0.2) is 9.37 Å². The third-order valence-corrected chi connectivity index (χ3v) is 5.01. The first-order valence-corrected chi connectivity index (χ1v) is 9.30. The number of fused-ring (bicyclic) bond motifs is 1. The van der Waals surface area contributed by atoms with Crippen molar-refractivity contribution in [3.63, 3.8) is 0 Å². The second-order valence-electron chi connectivity index (χ2n) is 8.45. The summed E-state index contributed by atoms with van der Waals surface area (Å²) in [6.45, 7) is 8.84. The Hall–Kier alpha value is -2.91. The second kappa shape index (κ2) is 6.32. The minimum atomic E-state index is -0.916. The summed E-state index contributed by atoms with van der Waals surface area (Å²) in [5.74, 6) is 0.773. The van der Waals surface area contributed by atoms with Crippen LogP contribution in [0.15, 0.2) is 17.3 Å². The Morgan fingerprint density at radius 1 is 1.29 bits per heavy atom. The Labute approximate surface area is 161 Å².